The van der Waals surface area contributed by atoms with E-state index in [-0.39, 0.29) is 5.91 Å². The van der Waals surface area contributed by atoms with Crippen molar-refractivity contribution >= 4 is 5.91 Å². The number of amides is 1. The molecule has 24 heavy (non-hydrogen) atoms. The second kappa shape index (κ2) is 7.99. The van der Waals surface area contributed by atoms with Crippen LogP contribution in [0, 0.1) is 12.8 Å². The summed E-state index contributed by atoms with van der Waals surface area (Å²) < 4.78 is 5.63. The number of carbonyl (C=O) groups excluding carboxylic acids is 1. The van der Waals surface area contributed by atoms with Crippen LogP contribution < -0.4 is 4.74 Å². The topological polar surface area (TPSA) is 58.2 Å². The Labute approximate surface area is 143 Å². The van der Waals surface area contributed by atoms with Crippen molar-refractivity contribution < 1.29 is 9.53 Å². The van der Waals surface area contributed by atoms with Gasteiger partial charge in [-0.25, -0.2) is 0 Å². The highest BCUT2D eigenvalue weighted by Gasteiger charge is 2.24. The fourth-order valence-corrected chi connectivity index (χ4v) is 3.26. The number of hydrogen-bond acceptors (Lipinski definition) is 3. The van der Waals surface area contributed by atoms with Gasteiger partial charge in [-0.3, -0.25) is 9.89 Å². The van der Waals surface area contributed by atoms with E-state index in [1.807, 2.05) is 41.4 Å². The Morgan fingerprint density at radius 2 is 2.21 bits per heavy atom. The summed E-state index contributed by atoms with van der Waals surface area (Å²) in [5, 5.41) is 7.16. The first-order chi connectivity index (χ1) is 11.7. The van der Waals surface area contributed by atoms with Crippen LogP contribution in [0.5, 0.6) is 5.75 Å². The fraction of sp³-hybridized carbons (Fsp3) is 0.474. The van der Waals surface area contributed by atoms with Crippen LogP contribution >= 0.6 is 0 Å². The maximum atomic E-state index is 12.4. The summed E-state index contributed by atoms with van der Waals surface area (Å²) in [5.41, 5.74) is 2.40. The van der Waals surface area contributed by atoms with Crippen LogP contribution in [0.2, 0.25) is 0 Å². The van der Waals surface area contributed by atoms with Crippen molar-refractivity contribution in [1.82, 2.24) is 15.1 Å². The summed E-state index contributed by atoms with van der Waals surface area (Å²) in [6.07, 6.45) is 5.51. The van der Waals surface area contributed by atoms with Crippen LogP contribution in [0.1, 0.15) is 30.5 Å². The van der Waals surface area contributed by atoms with Crippen LogP contribution in [-0.2, 0) is 11.2 Å². The first kappa shape index (κ1) is 16.6. The third-order valence-electron chi connectivity index (χ3n) is 4.63. The van der Waals surface area contributed by atoms with Crippen molar-refractivity contribution in [2.45, 2.75) is 32.6 Å². The lowest BCUT2D eigenvalue weighted by Crippen LogP contribution is -2.41. The molecule has 0 spiro atoms. The van der Waals surface area contributed by atoms with Gasteiger partial charge >= 0.3 is 0 Å². The number of hydrogen-bond donors (Lipinski definition) is 1. The minimum absolute atomic E-state index is 0.192. The van der Waals surface area contributed by atoms with Gasteiger partial charge in [0.1, 0.15) is 5.75 Å². The number of ether oxygens (including phenoxy) is 1. The number of aryl methyl sites for hydroxylation is 1. The van der Waals surface area contributed by atoms with Gasteiger partial charge < -0.3 is 9.64 Å². The summed E-state index contributed by atoms with van der Waals surface area (Å²) >= 11 is 0. The molecule has 1 N–H and O–H groups in total. The molecule has 0 aliphatic carbocycles. The van der Waals surface area contributed by atoms with Gasteiger partial charge in [0.05, 0.1) is 19.2 Å². The molecule has 1 aromatic carbocycles. The highest BCUT2D eigenvalue weighted by Crippen LogP contribution is 2.22. The van der Waals surface area contributed by atoms with Crippen molar-refractivity contribution in [2.75, 3.05) is 19.7 Å². The van der Waals surface area contributed by atoms with Crippen molar-refractivity contribution in [2.24, 2.45) is 5.92 Å². The average molecular weight is 327 g/mol. The zero-order valence-corrected chi connectivity index (χ0v) is 14.2. The standard InChI is InChI=1S/C19H25N3O2/c1-15-13-20-21-18(15)12-16-6-5-10-22(14-16)19(23)9-11-24-17-7-3-2-4-8-17/h2-4,7-8,13,16H,5-6,9-12,14H2,1H3,(H,20,21)/t16-/m0/s1. The number of para-hydroxylation sites is 1. The van der Waals surface area contributed by atoms with Gasteiger partial charge in [-0.1, -0.05) is 18.2 Å². The lowest BCUT2D eigenvalue weighted by Gasteiger charge is -2.32. The van der Waals surface area contributed by atoms with E-state index in [1.165, 1.54) is 17.7 Å². The molecule has 1 aliphatic heterocycles. The number of piperidine rings is 1. The number of rotatable bonds is 6. The van der Waals surface area contributed by atoms with E-state index in [1.54, 1.807) is 0 Å². The summed E-state index contributed by atoms with van der Waals surface area (Å²) in [5.74, 6) is 1.52. The Bertz CT molecular complexity index is 654. The Hall–Kier alpha value is -2.30. The monoisotopic (exact) mass is 327 g/mol. The Kier molecular flexibility index (Phi) is 5.51. The maximum absolute atomic E-state index is 12.4. The van der Waals surface area contributed by atoms with Crippen molar-refractivity contribution in [1.29, 1.82) is 0 Å². The smallest absolute Gasteiger partial charge is 0.226 e. The third kappa shape index (κ3) is 4.37. The summed E-state index contributed by atoms with van der Waals surface area (Å²) in [6, 6.07) is 9.64. The molecule has 1 saturated heterocycles. The zero-order chi connectivity index (χ0) is 16.8. The molecule has 128 valence electrons. The third-order valence-corrected chi connectivity index (χ3v) is 4.63. The minimum atomic E-state index is 0.192. The number of H-pyrrole nitrogens is 1. The molecular formula is C19H25N3O2. The van der Waals surface area contributed by atoms with E-state index in [0.29, 0.717) is 18.9 Å². The van der Waals surface area contributed by atoms with Crippen LogP contribution in [0.3, 0.4) is 0 Å². The normalized spacial score (nSPS) is 17.7. The highest BCUT2D eigenvalue weighted by molar-refractivity contribution is 5.76. The van der Waals surface area contributed by atoms with E-state index in [4.69, 9.17) is 4.74 Å². The summed E-state index contributed by atoms with van der Waals surface area (Å²) in [7, 11) is 0. The first-order valence-electron chi connectivity index (χ1n) is 8.67. The molecule has 0 saturated carbocycles. The quantitative estimate of drug-likeness (QED) is 0.887. The number of carbonyl (C=O) groups is 1. The van der Waals surface area contributed by atoms with Crippen molar-refractivity contribution in [3.63, 3.8) is 0 Å². The van der Waals surface area contributed by atoms with Gasteiger partial charge in [0.2, 0.25) is 5.91 Å². The first-order valence-corrected chi connectivity index (χ1v) is 8.67. The molecule has 5 heteroatoms. The molecule has 1 aliphatic rings. The Morgan fingerprint density at radius 1 is 1.38 bits per heavy atom. The number of aromatic amines is 1. The highest BCUT2D eigenvalue weighted by atomic mass is 16.5. The molecule has 0 unspecified atom stereocenters. The number of nitrogens with one attached hydrogen (secondary N) is 1. The molecule has 3 rings (SSSR count). The number of benzene rings is 1. The minimum Gasteiger partial charge on any atom is -0.493 e. The molecule has 1 fully saturated rings. The molecule has 2 heterocycles. The molecule has 0 bridgehead atoms. The number of likely N-dealkylation sites (tertiary alicyclic amines) is 1. The van der Waals surface area contributed by atoms with Crippen LogP contribution in [-0.4, -0.2) is 40.7 Å². The Morgan fingerprint density at radius 3 is 2.96 bits per heavy atom. The second-order valence-electron chi connectivity index (χ2n) is 6.50. The fourth-order valence-electron chi connectivity index (χ4n) is 3.26. The lowest BCUT2D eigenvalue weighted by atomic mass is 9.92. The van der Waals surface area contributed by atoms with Gasteiger partial charge in [-0.05, 0) is 49.8 Å². The van der Waals surface area contributed by atoms with Gasteiger partial charge in [-0.15, -0.1) is 0 Å². The van der Waals surface area contributed by atoms with Crippen LogP contribution in [0.25, 0.3) is 0 Å². The lowest BCUT2D eigenvalue weighted by molar-refractivity contribution is -0.133. The van der Waals surface area contributed by atoms with Crippen LogP contribution in [0.15, 0.2) is 36.5 Å². The maximum Gasteiger partial charge on any atom is 0.226 e. The van der Waals surface area contributed by atoms with Gasteiger partial charge in [-0.2, -0.15) is 5.10 Å². The molecule has 1 atom stereocenters. The van der Waals surface area contributed by atoms with E-state index < -0.39 is 0 Å². The van der Waals surface area contributed by atoms with Gasteiger partial charge in [0, 0.05) is 18.8 Å². The van der Waals surface area contributed by atoms with Crippen molar-refractivity contribution in [3.05, 3.63) is 47.8 Å². The molecule has 5 nitrogen and oxygen atoms in total. The van der Waals surface area contributed by atoms with Gasteiger partial charge in [0.25, 0.3) is 0 Å². The summed E-state index contributed by atoms with van der Waals surface area (Å²) in [4.78, 5) is 14.4. The molecule has 1 amide bonds. The van der Waals surface area contributed by atoms with E-state index in [9.17, 15) is 4.79 Å². The molecular weight excluding hydrogens is 302 g/mol. The number of aromatic nitrogens is 2. The van der Waals surface area contributed by atoms with Crippen molar-refractivity contribution in [3.8, 4) is 5.75 Å². The van der Waals surface area contributed by atoms with E-state index >= 15 is 0 Å². The Balaban J connectivity index is 1.45. The predicted molar refractivity (Wildman–Crippen MR) is 92.9 cm³/mol. The van der Waals surface area contributed by atoms with Gasteiger partial charge in [0.15, 0.2) is 0 Å². The SMILES string of the molecule is Cc1cn[nH]c1C[C@@H]1CCCN(C(=O)CCOc2ccccc2)C1. The molecule has 0 radical (unpaired) electrons. The summed E-state index contributed by atoms with van der Waals surface area (Å²) in [6.45, 7) is 4.21. The van der Waals surface area contributed by atoms with E-state index in [0.717, 1.165) is 31.7 Å². The van der Waals surface area contributed by atoms with E-state index in [2.05, 4.69) is 17.1 Å². The largest absolute Gasteiger partial charge is 0.493 e. The zero-order valence-electron chi connectivity index (χ0n) is 14.2. The average Bonchev–Trinajstić information content (AvgIpc) is 3.01. The number of nitrogens with zero attached hydrogens (tertiary/aromatic N) is 2. The predicted octanol–water partition coefficient (Wildman–Crippen LogP) is 2.97. The molecule has 2 aromatic rings. The molecule has 1 aromatic heterocycles. The second-order valence-corrected chi connectivity index (χ2v) is 6.50. The van der Waals surface area contributed by atoms with Crippen LogP contribution in [0.4, 0.5) is 0 Å².